The first-order valence-electron chi connectivity index (χ1n) is 4.40. The summed E-state index contributed by atoms with van der Waals surface area (Å²) < 4.78 is 1.50. The molecule has 4 nitrogen and oxygen atoms in total. The maximum Gasteiger partial charge on any atom is 0.282 e. The molecule has 1 N–H and O–H groups in total. The average Bonchev–Trinajstić information content (AvgIpc) is 2.20. The van der Waals surface area contributed by atoms with Crippen LogP contribution in [0, 0.1) is 5.92 Å². The highest BCUT2D eigenvalue weighted by Gasteiger charge is 2.06. The van der Waals surface area contributed by atoms with Crippen LogP contribution in [-0.4, -0.2) is 27.0 Å². The second-order valence-corrected chi connectivity index (χ2v) is 4.26. The van der Waals surface area contributed by atoms with Crippen molar-refractivity contribution in [3.05, 3.63) is 22.7 Å². The minimum absolute atomic E-state index is 0.0809. The lowest BCUT2D eigenvalue weighted by molar-refractivity contribution is 0.250. The molecule has 1 aromatic rings. The first-order chi connectivity index (χ1) is 6.65. The Bertz CT molecular complexity index is 351. The van der Waals surface area contributed by atoms with E-state index in [1.807, 2.05) is 6.92 Å². The molecule has 0 saturated heterocycles. The normalized spacial score (nSPS) is 12.8. The zero-order chi connectivity index (χ0) is 10.6. The molecule has 1 aromatic heterocycles. The van der Waals surface area contributed by atoms with Crippen LogP contribution in [-0.2, 0) is 7.05 Å². The third kappa shape index (κ3) is 2.85. The number of aliphatic hydroxyl groups excluding tert-OH is 1. The highest BCUT2D eigenvalue weighted by molar-refractivity contribution is 7.99. The molecule has 14 heavy (non-hydrogen) atoms. The van der Waals surface area contributed by atoms with E-state index >= 15 is 0 Å². The van der Waals surface area contributed by atoms with Crippen molar-refractivity contribution in [2.24, 2.45) is 13.0 Å². The second kappa shape index (κ2) is 5.17. The van der Waals surface area contributed by atoms with E-state index in [-0.39, 0.29) is 18.1 Å². The van der Waals surface area contributed by atoms with Crippen molar-refractivity contribution in [1.29, 1.82) is 0 Å². The zero-order valence-electron chi connectivity index (χ0n) is 8.30. The molecule has 0 aliphatic heterocycles. The molecule has 78 valence electrons. The first-order valence-corrected chi connectivity index (χ1v) is 5.39. The van der Waals surface area contributed by atoms with Crippen LogP contribution in [0.5, 0.6) is 0 Å². The van der Waals surface area contributed by atoms with Crippen LogP contribution in [0.15, 0.2) is 22.2 Å². The van der Waals surface area contributed by atoms with Gasteiger partial charge in [0.05, 0.1) is 0 Å². The van der Waals surface area contributed by atoms with Crippen LogP contribution in [0.3, 0.4) is 0 Å². The topological polar surface area (TPSA) is 55.1 Å². The minimum Gasteiger partial charge on any atom is -0.396 e. The fourth-order valence-electron chi connectivity index (χ4n) is 0.848. The molecule has 0 spiro atoms. The molecular formula is C9H14N2O2S. The quantitative estimate of drug-likeness (QED) is 0.742. The van der Waals surface area contributed by atoms with Gasteiger partial charge in [-0.3, -0.25) is 4.79 Å². The Kier molecular flexibility index (Phi) is 4.16. The smallest absolute Gasteiger partial charge is 0.282 e. The van der Waals surface area contributed by atoms with E-state index in [1.165, 1.54) is 16.3 Å². The highest BCUT2D eigenvalue weighted by atomic mass is 32.2. The third-order valence-electron chi connectivity index (χ3n) is 1.80. The summed E-state index contributed by atoms with van der Waals surface area (Å²) in [6, 6.07) is 0. The second-order valence-electron chi connectivity index (χ2n) is 3.25. The van der Waals surface area contributed by atoms with Crippen LogP contribution in [0.2, 0.25) is 0 Å². The average molecular weight is 214 g/mol. The van der Waals surface area contributed by atoms with Crippen molar-refractivity contribution >= 4 is 11.8 Å². The Labute approximate surface area is 87.0 Å². The molecule has 1 heterocycles. The lowest BCUT2D eigenvalue weighted by atomic mass is 10.2. The number of thioether (sulfide) groups is 1. The van der Waals surface area contributed by atoms with Gasteiger partial charge in [-0.05, 0) is 5.92 Å². The Hall–Kier alpha value is -0.810. The first kappa shape index (κ1) is 11.3. The van der Waals surface area contributed by atoms with Crippen LogP contribution in [0.1, 0.15) is 6.92 Å². The predicted octanol–water partition coefficient (Wildman–Crippen LogP) is 0.501. The van der Waals surface area contributed by atoms with E-state index in [1.54, 1.807) is 19.4 Å². The number of aliphatic hydroxyl groups is 1. The van der Waals surface area contributed by atoms with Crippen LogP contribution < -0.4 is 5.56 Å². The maximum absolute atomic E-state index is 11.5. The number of aromatic nitrogens is 2. The van der Waals surface area contributed by atoms with Crippen LogP contribution in [0.4, 0.5) is 0 Å². The fraction of sp³-hybridized carbons (Fsp3) is 0.556. The van der Waals surface area contributed by atoms with Gasteiger partial charge in [0.15, 0.2) is 5.03 Å². The van der Waals surface area contributed by atoms with E-state index in [4.69, 9.17) is 5.11 Å². The predicted molar refractivity (Wildman–Crippen MR) is 56.5 cm³/mol. The largest absolute Gasteiger partial charge is 0.396 e. The SMILES string of the molecule is CC(CO)CSc1nccn(C)c1=O. The van der Waals surface area contributed by atoms with Crippen LogP contribution >= 0.6 is 11.8 Å². The molecule has 1 atom stereocenters. The van der Waals surface area contributed by atoms with Crippen molar-refractivity contribution in [2.45, 2.75) is 11.9 Å². The number of hydrogen-bond acceptors (Lipinski definition) is 4. The number of aryl methyl sites for hydroxylation is 1. The van der Waals surface area contributed by atoms with E-state index in [2.05, 4.69) is 4.98 Å². The Morgan fingerprint density at radius 2 is 2.43 bits per heavy atom. The van der Waals surface area contributed by atoms with Gasteiger partial charge >= 0.3 is 0 Å². The Balaban J connectivity index is 2.68. The summed E-state index contributed by atoms with van der Waals surface area (Å²) in [5.74, 6) is 0.898. The molecule has 1 rings (SSSR count). The van der Waals surface area contributed by atoms with Gasteiger partial charge in [0.1, 0.15) is 0 Å². The Morgan fingerprint density at radius 1 is 1.71 bits per heavy atom. The molecule has 0 fully saturated rings. The minimum atomic E-state index is -0.0809. The summed E-state index contributed by atoms with van der Waals surface area (Å²) in [4.78, 5) is 15.5. The molecule has 0 aromatic carbocycles. The van der Waals surface area contributed by atoms with Gasteiger partial charge in [0.25, 0.3) is 5.56 Å². The molecule has 5 heteroatoms. The van der Waals surface area contributed by atoms with Gasteiger partial charge in [0, 0.05) is 31.8 Å². The van der Waals surface area contributed by atoms with Gasteiger partial charge in [-0.1, -0.05) is 6.92 Å². The molecular weight excluding hydrogens is 200 g/mol. The van der Waals surface area contributed by atoms with E-state index in [9.17, 15) is 4.79 Å². The lowest BCUT2D eigenvalue weighted by Gasteiger charge is -2.06. The molecule has 0 saturated carbocycles. The fourth-order valence-corrected chi connectivity index (χ4v) is 1.80. The van der Waals surface area contributed by atoms with E-state index in [0.717, 1.165) is 0 Å². The zero-order valence-corrected chi connectivity index (χ0v) is 9.12. The lowest BCUT2D eigenvalue weighted by Crippen LogP contribution is -2.19. The highest BCUT2D eigenvalue weighted by Crippen LogP contribution is 2.13. The van der Waals surface area contributed by atoms with E-state index in [0.29, 0.717) is 10.8 Å². The van der Waals surface area contributed by atoms with Crippen molar-refractivity contribution < 1.29 is 5.11 Å². The summed E-state index contributed by atoms with van der Waals surface area (Å²) in [5.41, 5.74) is -0.0809. The van der Waals surface area contributed by atoms with Crippen molar-refractivity contribution in [3.8, 4) is 0 Å². The van der Waals surface area contributed by atoms with E-state index < -0.39 is 0 Å². The van der Waals surface area contributed by atoms with Gasteiger partial charge in [-0.15, -0.1) is 11.8 Å². The Morgan fingerprint density at radius 3 is 3.07 bits per heavy atom. The maximum atomic E-state index is 11.5. The van der Waals surface area contributed by atoms with Gasteiger partial charge in [0.2, 0.25) is 0 Å². The summed E-state index contributed by atoms with van der Waals surface area (Å²) in [6.45, 7) is 2.07. The number of hydrogen-bond donors (Lipinski definition) is 1. The third-order valence-corrected chi connectivity index (χ3v) is 3.09. The van der Waals surface area contributed by atoms with Gasteiger partial charge in [-0.25, -0.2) is 4.98 Å². The van der Waals surface area contributed by atoms with Gasteiger partial charge in [-0.2, -0.15) is 0 Å². The monoisotopic (exact) mass is 214 g/mol. The number of nitrogens with zero attached hydrogens (tertiary/aromatic N) is 2. The molecule has 0 aliphatic rings. The molecule has 0 aliphatic carbocycles. The molecule has 0 bridgehead atoms. The molecule has 0 radical (unpaired) electrons. The van der Waals surface area contributed by atoms with Crippen molar-refractivity contribution in [1.82, 2.24) is 9.55 Å². The summed E-state index contributed by atoms with van der Waals surface area (Å²) in [7, 11) is 1.70. The van der Waals surface area contributed by atoms with Gasteiger partial charge < -0.3 is 9.67 Å². The summed E-state index contributed by atoms with van der Waals surface area (Å²) in [6.07, 6.45) is 3.23. The molecule has 1 unspecified atom stereocenters. The number of rotatable bonds is 4. The van der Waals surface area contributed by atoms with Crippen LogP contribution in [0.25, 0.3) is 0 Å². The standard InChI is InChI=1S/C9H14N2O2S/c1-7(5-12)6-14-8-9(13)11(2)4-3-10-8/h3-4,7,12H,5-6H2,1-2H3. The van der Waals surface area contributed by atoms with Crippen molar-refractivity contribution in [3.63, 3.8) is 0 Å². The molecule has 0 amide bonds. The summed E-state index contributed by atoms with van der Waals surface area (Å²) in [5, 5.41) is 9.32. The summed E-state index contributed by atoms with van der Waals surface area (Å²) >= 11 is 1.39. The van der Waals surface area contributed by atoms with Crippen molar-refractivity contribution in [2.75, 3.05) is 12.4 Å².